The summed E-state index contributed by atoms with van der Waals surface area (Å²) in [4.78, 5) is 0. The van der Waals surface area contributed by atoms with Crippen LogP contribution >= 0.6 is 0 Å². The van der Waals surface area contributed by atoms with Gasteiger partial charge in [-0.25, -0.2) is 8.78 Å². The molecule has 13 heavy (non-hydrogen) atoms. The summed E-state index contributed by atoms with van der Waals surface area (Å²) in [6.07, 6.45) is -0.795. The zero-order chi connectivity index (χ0) is 10.1. The second kappa shape index (κ2) is 3.50. The van der Waals surface area contributed by atoms with E-state index in [-0.39, 0.29) is 6.54 Å². The van der Waals surface area contributed by atoms with Gasteiger partial charge in [0.15, 0.2) is 0 Å². The smallest absolute Gasteiger partial charge is 0.253 e. The van der Waals surface area contributed by atoms with Crippen LogP contribution in [0.3, 0.4) is 0 Å². The number of hydrogen-bond donors (Lipinski definition) is 2. The molecule has 0 aromatic rings. The predicted molar refractivity (Wildman–Crippen MR) is 46.8 cm³/mol. The average molecular weight is 193 g/mol. The molecule has 2 N–H and O–H groups in total. The van der Waals surface area contributed by atoms with Gasteiger partial charge in [-0.3, -0.25) is 0 Å². The number of alkyl halides is 2. The second-order valence-electron chi connectivity index (χ2n) is 4.46. The number of nitrogens with one attached hydrogen (secondary N) is 1. The molecular formula is C9H17F2NO. The SMILES string of the molecule is CC(C)CNCC1(O)CC(F)(F)C1. The van der Waals surface area contributed by atoms with Gasteiger partial charge in [0, 0.05) is 19.4 Å². The minimum absolute atomic E-state index is 0.279. The first kappa shape index (κ1) is 10.9. The van der Waals surface area contributed by atoms with E-state index in [2.05, 4.69) is 5.32 Å². The Hall–Kier alpha value is -0.220. The van der Waals surface area contributed by atoms with E-state index in [9.17, 15) is 13.9 Å². The van der Waals surface area contributed by atoms with E-state index in [1.54, 1.807) is 0 Å². The van der Waals surface area contributed by atoms with E-state index in [0.717, 1.165) is 6.54 Å². The van der Waals surface area contributed by atoms with Crippen molar-refractivity contribution in [1.29, 1.82) is 0 Å². The summed E-state index contributed by atoms with van der Waals surface area (Å²) < 4.78 is 24.9. The molecule has 1 rings (SSSR count). The molecule has 1 saturated carbocycles. The molecule has 1 aliphatic carbocycles. The lowest BCUT2D eigenvalue weighted by molar-refractivity contribution is -0.201. The van der Waals surface area contributed by atoms with E-state index >= 15 is 0 Å². The number of hydrogen-bond acceptors (Lipinski definition) is 2. The number of aliphatic hydroxyl groups is 1. The van der Waals surface area contributed by atoms with E-state index in [1.807, 2.05) is 13.8 Å². The van der Waals surface area contributed by atoms with E-state index in [4.69, 9.17) is 0 Å². The average Bonchev–Trinajstić information content (AvgIpc) is 1.80. The lowest BCUT2D eigenvalue weighted by Gasteiger charge is -2.43. The lowest BCUT2D eigenvalue weighted by Crippen LogP contribution is -2.57. The molecule has 4 heteroatoms. The van der Waals surface area contributed by atoms with Gasteiger partial charge >= 0.3 is 0 Å². The van der Waals surface area contributed by atoms with Crippen LogP contribution in [-0.4, -0.2) is 29.7 Å². The first-order valence-electron chi connectivity index (χ1n) is 4.64. The van der Waals surface area contributed by atoms with Crippen molar-refractivity contribution in [3.05, 3.63) is 0 Å². The maximum Gasteiger partial charge on any atom is 0.253 e. The van der Waals surface area contributed by atoms with Crippen LogP contribution in [0.2, 0.25) is 0 Å². The maximum atomic E-state index is 12.4. The monoisotopic (exact) mass is 193 g/mol. The maximum absolute atomic E-state index is 12.4. The van der Waals surface area contributed by atoms with Crippen molar-refractivity contribution in [2.45, 2.75) is 38.2 Å². The molecule has 0 atom stereocenters. The van der Waals surface area contributed by atoms with Crippen molar-refractivity contribution in [3.63, 3.8) is 0 Å². The zero-order valence-electron chi connectivity index (χ0n) is 8.11. The largest absolute Gasteiger partial charge is 0.388 e. The third kappa shape index (κ3) is 3.19. The van der Waals surface area contributed by atoms with Crippen LogP contribution in [0, 0.1) is 5.92 Å². The Morgan fingerprint density at radius 3 is 2.31 bits per heavy atom. The topological polar surface area (TPSA) is 32.3 Å². The fourth-order valence-corrected chi connectivity index (χ4v) is 1.63. The fourth-order valence-electron chi connectivity index (χ4n) is 1.63. The van der Waals surface area contributed by atoms with Crippen LogP contribution in [0.4, 0.5) is 8.78 Å². The van der Waals surface area contributed by atoms with Gasteiger partial charge in [-0.1, -0.05) is 13.8 Å². The summed E-state index contributed by atoms with van der Waals surface area (Å²) in [6.45, 7) is 5.10. The molecule has 0 aliphatic heterocycles. The highest BCUT2D eigenvalue weighted by Crippen LogP contribution is 2.44. The molecule has 0 aromatic heterocycles. The van der Waals surface area contributed by atoms with Crippen LogP contribution in [0.5, 0.6) is 0 Å². The Morgan fingerprint density at radius 1 is 1.38 bits per heavy atom. The quantitative estimate of drug-likeness (QED) is 0.707. The summed E-state index contributed by atoms with van der Waals surface area (Å²) >= 11 is 0. The van der Waals surface area contributed by atoms with Gasteiger partial charge < -0.3 is 10.4 Å². The van der Waals surface area contributed by atoms with Crippen LogP contribution in [0.15, 0.2) is 0 Å². The van der Waals surface area contributed by atoms with Crippen molar-refractivity contribution in [2.24, 2.45) is 5.92 Å². The highest BCUT2D eigenvalue weighted by Gasteiger charge is 2.55. The van der Waals surface area contributed by atoms with Crippen molar-refractivity contribution in [3.8, 4) is 0 Å². The normalized spacial score (nSPS) is 24.5. The van der Waals surface area contributed by atoms with Crippen molar-refractivity contribution in [1.82, 2.24) is 5.32 Å². The van der Waals surface area contributed by atoms with Gasteiger partial charge in [-0.15, -0.1) is 0 Å². The highest BCUT2D eigenvalue weighted by molar-refractivity contribution is 5.00. The van der Waals surface area contributed by atoms with Crippen LogP contribution < -0.4 is 5.32 Å². The lowest BCUT2D eigenvalue weighted by atomic mass is 9.76. The van der Waals surface area contributed by atoms with Crippen LogP contribution in [0.1, 0.15) is 26.7 Å². The molecule has 1 fully saturated rings. The third-order valence-corrected chi connectivity index (χ3v) is 2.18. The number of halogens is 2. The first-order valence-corrected chi connectivity index (χ1v) is 4.64. The molecular weight excluding hydrogens is 176 g/mol. The minimum atomic E-state index is -2.64. The van der Waals surface area contributed by atoms with Gasteiger partial charge in [0.2, 0.25) is 0 Å². The first-order chi connectivity index (χ1) is 5.83. The standard InChI is InChI=1S/C9H17F2NO/c1-7(2)3-12-6-8(13)4-9(10,11)5-8/h7,12-13H,3-6H2,1-2H3. The molecule has 0 saturated heterocycles. The summed E-state index contributed by atoms with van der Waals surface area (Å²) in [5.41, 5.74) is -1.17. The van der Waals surface area contributed by atoms with Crippen molar-refractivity contribution in [2.75, 3.05) is 13.1 Å². The summed E-state index contributed by atoms with van der Waals surface area (Å²) in [5, 5.41) is 12.5. The Kier molecular flexibility index (Phi) is 2.92. The van der Waals surface area contributed by atoms with Crippen molar-refractivity contribution >= 4 is 0 Å². The number of rotatable bonds is 4. The van der Waals surface area contributed by atoms with E-state index in [1.165, 1.54) is 0 Å². The molecule has 1 aliphatic rings. The molecule has 0 radical (unpaired) electrons. The van der Waals surface area contributed by atoms with Gasteiger partial charge in [0.25, 0.3) is 5.92 Å². The summed E-state index contributed by atoms with van der Waals surface area (Å²) in [7, 11) is 0. The Balaban J connectivity index is 2.16. The van der Waals surface area contributed by atoms with Crippen LogP contribution in [-0.2, 0) is 0 Å². The Morgan fingerprint density at radius 2 is 1.92 bits per heavy atom. The molecule has 0 spiro atoms. The molecule has 0 heterocycles. The van der Waals surface area contributed by atoms with Gasteiger partial charge in [-0.2, -0.15) is 0 Å². The summed E-state index contributed by atoms with van der Waals surface area (Å²) in [5.74, 6) is -2.17. The van der Waals surface area contributed by atoms with Crippen LogP contribution in [0.25, 0.3) is 0 Å². The van der Waals surface area contributed by atoms with Gasteiger partial charge in [0.1, 0.15) is 0 Å². The highest BCUT2D eigenvalue weighted by atomic mass is 19.3. The van der Waals surface area contributed by atoms with Gasteiger partial charge in [0.05, 0.1) is 5.60 Å². The second-order valence-corrected chi connectivity index (χ2v) is 4.46. The minimum Gasteiger partial charge on any atom is -0.388 e. The molecule has 78 valence electrons. The summed E-state index contributed by atoms with van der Waals surface area (Å²) in [6, 6.07) is 0. The molecule has 0 aromatic carbocycles. The van der Waals surface area contributed by atoms with E-state index < -0.39 is 24.4 Å². The molecule has 0 unspecified atom stereocenters. The molecule has 0 bridgehead atoms. The molecule has 2 nitrogen and oxygen atoms in total. The third-order valence-electron chi connectivity index (χ3n) is 2.18. The van der Waals surface area contributed by atoms with Gasteiger partial charge in [-0.05, 0) is 12.5 Å². The van der Waals surface area contributed by atoms with Crippen molar-refractivity contribution < 1.29 is 13.9 Å². The Labute approximate surface area is 77.3 Å². The fraction of sp³-hybridized carbons (Fsp3) is 1.00. The predicted octanol–water partition coefficient (Wildman–Crippen LogP) is 1.39. The molecule has 0 amide bonds. The van der Waals surface area contributed by atoms with E-state index in [0.29, 0.717) is 5.92 Å². The Bertz CT molecular complexity index is 174. The zero-order valence-corrected chi connectivity index (χ0v) is 8.11.